The van der Waals surface area contributed by atoms with Crippen molar-refractivity contribution in [3.8, 4) is 23.0 Å². The molecule has 1 aliphatic heterocycles. The molecule has 8 nitrogen and oxygen atoms in total. The van der Waals surface area contributed by atoms with Gasteiger partial charge in [-0.25, -0.2) is 19.6 Å². The number of hydrogen-bond acceptors (Lipinski definition) is 7. The van der Waals surface area contributed by atoms with Gasteiger partial charge in [-0.1, -0.05) is 0 Å². The third-order valence-corrected chi connectivity index (χ3v) is 5.71. The van der Waals surface area contributed by atoms with Crippen LogP contribution in [0.2, 0.25) is 0 Å². The molecule has 1 aliphatic rings. The Balaban J connectivity index is 1.38. The SMILES string of the molecule is Cc1ncn(-c2ccc(Nc3nccc(-c4cc(C#N)cc(N5CCCCC5)c4)n3)cc2)n1. The highest BCUT2D eigenvalue weighted by Gasteiger charge is 2.14. The predicted octanol–water partition coefficient (Wildman–Crippen LogP) is 4.64. The van der Waals surface area contributed by atoms with Crippen LogP contribution in [0.1, 0.15) is 30.7 Å². The molecule has 0 saturated carbocycles. The Bertz CT molecular complexity index is 1300. The maximum absolute atomic E-state index is 9.56. The van der Waals surface area contributed by atoms with Gasteiger partial charge in [0.1, 0.15) is 12.2 Å². The van der Waals surface area contributed by atoms with Crippen molar-refractivity contribution in [3.05, 3.63) is 72.4 Å². The van der Waals surface area contributed by atoms with Gasteiger partial charge in [0, 0.05) is 36.2 Å². The van der Waals surface area contributed by atoms with E-state index >= 15 is 0 Å². The van der Waals surface area contributed by atoms with Gasteiger partial charge in [0.15, 0.2) is 0 Å². The third kappa shape index (κ3) is 4.67. The standard InChI is InChI=1S/C25H24N8/c1-18-28-17-33(31-18)22-7-5-21(6-8-22)29-25-27-10-9-24(30-25)20-13-19(16-26)14-23(15-20)32-11-3-2-4-12-32/h5-10,13-15,17H,2-4,11-12H2,1H3,(H,27,29,30). The van der Waals surface area contributed by atoms with Crippen LogP contribution in [-0.2, 0) is 0 Å². The molecule has 1 saturated heterocycles. The Morgan fingerprint density at radius 1 is 0.939 bits per heavy atom. The number of nitrogens with one attached hydrogen (secondary N) is 1. The van der Waals surface area contributed by atoms with E-state index in [0.29, 0.717) is 11.5 Å². The molecule has 2 aromatic heterocycles. The molecule has 5 rings (SSSR count). The lowest BCUT2D eigenvalue weighted by Crippen LogP contribution is -2.29. The van der Waals surface area contributed by atoms with Gasteiger partial charge in [-0.2, -0.15) is 10.4 Å². The summed E-state index contributed by atoms with van der Waals surface area (Å²) < 4.78 is 1.73. The van der Waals surface area contributed by atoms with E-state index in [1.165, 1.54) is 19.3 Å². The number of rotatable bonds is 5. The second-order valence-electron chi connectivity index (χ2n) is 8.10. The monoisotopic (exact) mass is 436 g/mol. The van der Waals surface area contributed by atoms with Gasteiger partial charge in [-0.15, -0.1) is 0 Å². The number of aryl methyl sites for hydroxylation is 1. The Labute approximate surface area is 192 Å². The largest absolute Gasteiger partial charge is 0.371 e. The molecule has 1 N–H and O–H groups in total. The van der Waals surface area contributed by atoms with Gasteiger partial charge in [0.25, 0.3) is 0 Å². The average Bonchev–Trinajstić information content (AvgIpc) is 3.31. The molecular formula is C25H24N8. The molecule has 0 atom stereocenters. The van der Waals surface area contributed by atoms with E-state index in [2.05, 4.69) is 37.4 Å². The van der Waals surface area contributed by atoms with Crippen molar-refractivity contribution in [2.24, 2.45) is 0 Å². The number of nitriles is 1. The minimum Gasteiger partial charge on any atom is -0.371 e. The fraction of sp³-hybridized carbons (Fsp3) is 0.240. The minimum absolute atomic E-state index is 0.499. The first-order valence-electron chi connectivity index (χ1n) is 11.1. The number of aromatic nitrogens is 5. The Morgan fingerprint density at radius 3 is 2.48 bits per heavy atom. The van der Waals surface area contributed by atoms with Crippen molar-refractivity contribution in [1.29, 1.82) is 5.26 Å². The number of anilines is 3. The van der Waals surface area contributed by atoms with Crippen LogP contribution in [0.15, 0.2) is 61.1 Å². The minimum atomic E-state index is 0.499. The summed E-state index contributed by atoms with van der Waals surface area (Å²) in [4.78, 5) is 15.6. The zero-order valence-corrected chi connectivity index (χ0v) is 18.4. The summed E-state index contributed by atoms with van der Waals surface area (Å²) in [6.45, 7) is 3.91. The van der Waals surface area contributed by atoms with Gasteiger partial charge >= 0.3 is 0 Å². The zero-order chi connectivity index (χ0) is 22.6. The molecule has 0 bridgehead atoms. The fourth-order valence-electron chi connectivity index (χ4n) is 4.03. The van der Waals surface area contributed by atoms with Gasteiger partial charge in [-0.05, 0) is 74.7 Å². The van der Waals surface area contributed by atoms with Crippen molar-refractivity contribution in [2.45, 2.75) is 26.2 Å². The lowest BCUT2D eigenvalue weighted by atomic mass is 10.0. The highest BCUT2D eigenvalue weighted by Crippen LogP contribution is 2.28. The summed E-state index contributed by atoms with van der Waals surface area (Å²) in [6, 6.07) is 18.0. The van der Waals surface area contributed by atoms with Crippen LogP contribution < -0.4 is 10.2 Å². The first-order chi connectivity index (χ1) is 16.2. The molecule has 0 unspecified atom stereocenters. The number of nitrogens with zero attached hydrogens (tertiary/aromatic N) is 7. The number of hydrogen-bond donors (Lipinski definition) is 1. The summed E-state index contributed by atoms with van der Waals surface area (Å²) in [5.41, 5.74) is 5.20. The van der Waals surface area contributed by atoms with Gasteiger partial charge in [0.2, 0.25) is 5.95 Å². The number of benzene rings is 2. The first kappa shape index (κ1) is 20.6. The van der Waals surface area contributed by atoms with Crippen molar-refractivity contribution in [1.82, 2.24) is 24.7 Å². The topological polar surface area (TPSA) is 95.5 Å². The molecule has 0 radical (unpaired) electrons. The molecule has 8 heteroatoms. The Kier molecular flexibility index (Phi) is 5.68. The maximum atomic E-state index is 9.56. The Morgan fingerprint density at radius 2 is 1.76 bits per heavy atom. The normalized spacial score (nSPS) is 13.5. The van der Waals surface area contributed by atoms with Crippen LogP contribution in [0.4, 0.5) is 17.3 Å². The van der Waals surface area contributed by atoms with Crippen LogP contribution >= 0.6 is 0 Å². The molecule has 1 fully saturated rings. The van der Waals surface area contributed by atoms with E-state index in [-0.39, 0.29) is 0 Å². The molecule has 3 heterocycles. The average molecular weight is 437 g/mol. The van der Waals surface area contributed by atoms with E-state index < -0.39 is 0 Å². The Hall–Kier alpha value is -4.25. The predicted molar refractivity (Wildman–Crippen MR) is 128 cm³/mol. The molecule has 0 amide bonds. The molecule has 0 spiro atoms. The highest BCUT2D eigenvalue weighted by molar-refractivity contribution is 5.70. The summed E-state index contributed by atoms with van der Waals surface area (Å²) in [7, 11) is 0. The second kappa shape index (κ2) is 9.09. The van der Waals surface area contributed by atoms with Gasteiger partial charge in [-0.3, -0.25) is 0 Å². The molecule has 164 valence electrons. The van der Waals surface area contributed by atoms with Gasteiger partial charge < -0.3 is 10.2 Å². The highest BCUT2D eigenvalue weighted by atomic mass is 15.3. The lowest BCUT2D eigenvalue weighted by molar-refractivity contribution is 0.578. The zero-order valence-electron chi connectivity index (χ0n) is 18.4. The molecule has 4 aromatic rings. The third-order valence-electron chi connectivity index (χ3n) is 5.71. The van der Waals surface area contributed by atoms with Crippen LogP contribution in [0.3, 0.4) is 0 Å². The molecule has 2 aromatic carbocycles. The molecule has 33 heavy (non-hydrogen) atoms. The van der Waals surface area contributed by atoms with E-state index in [0.717, 1.165) is 47.2 Å². The van der Waals surface area contributed by atoms with Crippen molar-refractivity contribution in [3.63, 3.8) is 0 Å². The fourth-order valence-corrected chi connectivity index (χ4v) is 4.03. The van der Waals surface area contributed by atoms with E-state index in [1.807, 2.05) is 49.4 Å². The molecule has 0 aliphatic carbocycles. The number of piperidine rings is 1. The van der Waals surface area contributed by atoms with E-state index in [9.17, 15) is 5.26 Å². The summed E-state index contributed by atoms with van der Waals surface area (Å²) in [5, 5.41) is 17.2. The van der Waals surface area contributed by atoms with Gasteiger partial charge in [0.05, 0.1) is 23.0 Å². The first-order valence-corrected chi connectivity index (χ1v) is 11.1. The van der Waals surface area contributed by atoms with Crippen LogP contribution in [0, 0.1) is 18.3 Å². The van der Waals surface area contributed by atoms with Crippen molar-refractivity contribution in [2.75, 3.05) is 23.3 Å². The summed E-state index contributed by atoms with van der Waals surface area (Å²) in [6.07, 6.45) is 7.06. The van der Waals surface area contributed by atoms with Crippen molar-refractivity contribution >= 4 is 17.3 Å². The van der Waals surface area contributed by atoms with E-state index in [1.54, 1.807) is 17.2 Å². The maximum Gasteiger partial charge on any atom is 0.227 e. The van der Waals surface area contributed by atoms with Crippen LogP contribution in [0.5, 0.6) is 0 Å². The van der Waals surface area contributed by atoms with Crippen LogP contribution in [0.25, 0.3) is 16.9 Å². The summed E-state index contributed by atoms with van der Waals surface area (Å²) >= 11 is 0. The van der Waals surface area contributed by atoms with E-state index in [4.69, 9.17) is 4.98 Å². The second-order valence-corrected chi connectivity index (χ2v) is 8.10. The molecular weight excluding hydrogens is 412 g/mol. The summed E-state index contributed by atoms with van der Waals surface area (Å²) in [5.74, 6) is 1.23. The lowest BCUT2D eigenvalue weighted by Gasteiger charge is -2.29. The smallest absolute Gasteiger partial charge is 0.227 e. The van der Waals surface area contributed by atoms with Crippen LogP contribution in [-0.4, -0.2) is 37.8 Å². The quantitative estimate of drug-likeness (QED) is 0.487. The van der Waals surface area contributed by atoms with Crippen molar-refractivity contribution < 1.29 is 0 Å².